The van der Waals surface area contributed by atoms with Crippen molar-refractivity contribution in [2.24, 2.45) is 0 Å². The van der Waals surface area contributed by atoms with Crippen molar-refractivity contribution in [1.82, 2.24) is 0 Å². The summed E-state index contributed by atoms with van der Waals surface area (Å²) in [6.45, 7) is 0.883. The van der Waals surface area contributed by atoms with Crippen LogP contribution in [0.2, 0.25) is 0 Å². The summed E-state index contributed by atoms with van der Waals surface area (Å²) < 4.78 is 52.0. The second-order valence-electron chi connectivity index (χ2n) is 5.25. The van der Waals surface area contributed by atoms with Gasteiger partial charge in [-0.3, -0.25) is 4.79 Å². The number of amides is 1. The van der Waals surface area contributed by atoms with E-state index in [4.69, 9.17) is 9.47 Å². The van der Waals surface area contributed by atoms with Crippen LogP contribution in [0.5, 0.6) is 17.2 Å². The molecule has 25 heavy (non-hydrogen) atoms. The maximum Gasteiger partial charge on any atom is 0.573 e. The molecule has 132 valence electrons. The van der Waals surface area contributed by atoms with Gasteiger partial charge in [0.1, 0.15) is 13.2 Å². The van der Waals surface area contributed by atoms with Gasteiger partial charge in [0.25, 0.3) is 0 Å². The van der Waals surface area contributed by atoms with Crippen LogP contribution in [0.25, 0.3) is 0 Å². The van der Waals surface area contributed by atoms with Crippen LogP contribution in [0.3, 0.4) is 0 Å². The van der Waals surface area contributed by atoms with Gasteiger partial charge in [0.2, 0.25) is 5.91 Å². The minimum atomic E-state index is -4.84. The van der Waals surface area contributed by atoms with Crippen LogP contribution in [0.15, 0.2) is 42.5 Å². The first kappa shape index (κ1) is 16.9. The normalized spacial score (nSPS) is 13.2. The Labute approximate surface area is 141 Å². The average Bonchev–Trinajstić information content (AvgIpc) is 2.55. The number of benzene rings is 2. The summed E-state index contributed by atoms with van der Waals surface area (Å²) in [6, 6.07) is 10.4. The summed E-state index contributed by atoms with van der Waals surface area (Å²) in [5, 5.41) is 2.43. The molecule has 8 heteroatoms. The van der Waals surface area contributed by atoms with Crippen LogP contribution in [-0.2, 0) is 11.2 Å². The fourth-order valence-corrected chi connectivity index (χ4v) is 2.36. The number of alkyl halides is 3. The minimum Gasteiger partial charge on any atom is -0.486 e. The lowest BCUT2D eigenvalue weighted by Gasteiger charge is -2.19. The van der Waals surface area contributed by atoms with Gasteiger partial charge in [0.05, 0.1) is 12.1 Å². The summed E-state index contributed by atoms with van der Waals surface area (Å²) in [6.07, 6.45) is -4.87. The van der Waals surface area contributed by atoms with Gasteiger partial charge in [0.15, 0.2) is 17.2 Å². The Balaban J connectivity index is 1.69. The zero-order valence-corrected chi connectivity index (χ0v) is 12.9. The Hall–Kier alpha value is -2.90. The van der Waals surface area contributed by atoms with E-state index < -0.39 is 18.0 Å². The zero-order valence-electron chi connectivity index (χ0n) is 12.9. The number of carbonyl (C=O) groups excluding carboxylic acids is 1. The van der Waals surface area contributed by atoms with Gasteiger partial charge in [0, 0.05) is 0 Å². The number of anilines is 1. The molecule has 1 aliphatic heterocycles. The van der Waals surface area contributed by atoms with Gasteiger partial charge < -0.3 is 19.5 Å². The molecule has 2 aromatic carbocycles. The minimum absolute atomic E-state index is 0.0308. The third-order valence-electron chi connectivity index (χ3n) is 3.36. The molecule has 0 radical (unpaired) electrons. The molecule has 1 aliphatic rings. The number of carbonyl (C=O) groups is 1. The monoisotopic (exact) mass is 353 g/mol. The van der Waals surface area contributed by atoms with Crippen molar-refractivity contribution >= 4 is 11.6 Å². The first-order valence-corrected chi connectivity index (χ1v) is 7.44. The number of hydrogen-bond acceptors (Lipinski definition) is 4. The summed E-state index contributed by atoms with van der Waals surface area (Å²) >= 11 is 0. The molecule has 0 aliphatic carbocycles. The van der Waals surface area contributed by atoms with E-state index in [9.17, 15) is 18.0 Å². The van der Waals surface area contributed by atoms with Crippen molar-refractivity contribution < 1.29 is 32.2 Å². The smallest absolute Gasteiger partial charge is 0.486 e. The SMILES string of the molecule is O=C(Cc1ccc2c(c1)OCCO2)Nc1ccccc1OC(F)(F)F. The molecular weight excluding hydrogens is 339 g/mol. The number of rotatable bonds is 4. The predicted molar refractivity (Wildman–Crippen MR) is 82.9 cm³/mol. The van der Waals surface area contributed by atoms with E-state index >= 15 is 0 Å². The Bertz CT molecular complexity index is 777. The molecule has 0 saturated carbocycles. The molecule has 0 saturated heterocycles. The largest absolute Gasteiger partial charge is 0.573 e. The Morgan fingerprint density at radius 3 is 2.56 bits per heavy atom. The highest BCUT2D eigenvalue weighted by Gasteiger charge is 2.32. The maximum absolute atomic E-state index is 12.4. The number of ether oxygens (including phenoxy) is 3. The van der Waals surface area contributed by atoms with Crippen LogP contribution in [0, 0.1) is 0 Å². The Morgan fingerprint density at radius 2 is 1.80 bits per heavy atom. The lowest BCUT2D eigenvalue weighted by atomic mass is 10.1. The standard InChI is InChI=1S/C17H14F3NO4/c18-17(19,20)25-13-4-2-1-3-12(13)21-16(22)10-11-5-6-14-15(9-11)24-8-7-23-14/h1-6,9H,7-8,10H2,(H,21,22). The highest BCUT2D eigenvalue weighted by Crippen LogP contribution is 2.32. The van der Waals surface area contributed by atoms with Crippen molar-refractivity contribution in [1.29, 1.82) is 0 Å². The number of nitrogens with one attached hydrogen (secondary N) is 1. The number of fused-ring (bicyclic) bond motifs is 1. The van der Waals surface area contributed by atoms with Gasteiger partial charge in [-0.05, 0) is 29.8 Å². The molecule has 0 unspecified atom stereocenters. The summed E-state index contributed by atoms with van der Waals surface area (Å²) in [5.41, 5.74) is 0.596. The van der Waals surface area contributed by atoms with Gasteiger partial charge in [-0.15, -0.1) is 13.2 Å². The van der Waals surface area contributed by atoms with Crippen LogP contribution in [0.4, 0.5) is 18.9 Å². The van der Waals surface area contributed by atoms with E-state index in [1.165, 1.54) is 18.2 Å². The van der Waals surface area contributed by atoms with Crippen molar-refractivity contribution in [3.05, 3.63) is 48.0 Å². The first-order valence-electron chi connectivity index (χ1n) is 7.44. The number of hydrogen-bond donors (Lipinski definition) is 1. The van der Waals surface area contributed by atoms with Gasteiger partial charge in [-0.2, -0.15) is 0 Å². The molecule has 1 amide bonds. The summed E-state index contributed by atoms with van der Waals surface area (Å²) in [7, 11) is 0. The third-order valence-corrected chi connectivity index (χ3v) is 3.36. The number of halogens is 3. The van der Waals surface area contributed by atoms with Crippen molar-refractivity contribution in [2.75, 3.05) is 18.5 Å². The molecular formula is C17H14F3NO4. The molecule has 0 spiro atoms. The molecule has 2 aromatic rings. The fourth-order valence-electron chi connectivity index (χ4n) is 2.36. The van der Waals surface area contributed by atoms with Crippen LogP contribution in [0.1, 0.15) is 5.56 Å². The zero-order chi connectivity index (χ0) is 17.9. The predicted octanol–water partition coefficient (Wildman–Crippen LogP) is 3.54. The fraction of sp³-hybridized carbons (Fsp3) is 0.235. The van der Waals surface area contributed by atoms with Crippen LogP contribution >= 0.6 is 0 Å². The van der Waals surface area contributed by atoms with E-state index in [2.05, 4.69) is 10.1 Å². The Morgan fingerprint density at radius 1 is 1.08 bits per heavy atom. The van der Waals surface area contributed by atoms with E-state index in [-0.39, 0.29) is 12.1 Å². The van der Waals surface area contributed by atoms with E-state index in [1.807, 2.05) is 0 Å². The molecule has 1 heterocycles. The molecule has 5 nitrogen and oxygen atoms in total. The molecule has 3 rings (SSSR count). The van der Waals surface area contributed by atoms with E-state index in [0.717, 1.165) is 6.07 Å². The average molecular weight is 353 g/mol. The van der Waals surface area contributed by atoms with Crippen LogP contribution in [-0.4, -0.2) is 25.5 Å². The van der Waals surface area contributed by atoms with Crippen molar-refractivity contribution in [3.8, 4) is 17.2 Å². The van der Waals surface area contributed by atoms with Gasteiger partial charge >= 0.3 is 6.36 Å². The molecule has 1 N–H and O–H groups in total. The Kier molecular flexibility index (Phi) is 4.69. The van der Waals surface area contributed by atoms with Crippen molar-refractivity contribution in [2.45, 2.75) is 12.8 Å². The maximum atomic E-state index is 12.4. The molecule has 0 atom stereocenters. The second kappa shape index (κ2) is 6.92. The lowest BCUT2D eigenvalue weighted by Crippen LogP contribution is -2.20. The van der Waals surface area contributed by atoms with E-state index in [1.54, 1.807) is 18.2 Å². The second-order valence-corrected chi connectivity index (χ2v) is 5.25. The summed E-state index contributed by atoms with van der Waals surface area (Å²) in [4.78, 5) is 12.1. The first-order chi connectivity index (χ1) is 11.9. The van der Waals surface area contributed by atoms with Crippen LogP contribution < -0.4 is 19.5 Å². The third kappa shape index (κ3) is 4.56. The quantitative estimate of drug-likeness (QED) is 0.914. The summed E-state index contributed by atoms with van der Waals surface area (Å²) in [5.74, 6) is 0.192. The van der Waals surface area contributed by atoms with Crippen molar-refractivity contribution in [3.63, 3.8) is 0 Å². The molecule has 0 bridgehead atoms. The highest BCUT2D eigenvalue weighted by molar-refractivity contribution is 5.93. The molecule has 0 fully saturated rings. The molecule has 0 aromatic heterocycles. The highest BCUT2D eigenvalue weighted by atomic mass is 19.4. The van der Waals surface area contributed by atoms with Gasteiger partial charge in [-0.1, -0.05) is 18.2 Å². The lowest BCUT2D eigenvalue weighted by molar-refractivity contribution is -0.274. The van der Waals surface area contributed by atoms with E-state index in [0.29, 0.717) is 30.3 Å². The topological polar surface area (TPSA) is 56.8 Å². The number of para-hydroxylation sites is 2. The van der Waals surface area contributed by atoms with Gasteiger partial charge in [-0.25, -0.2) is 0 Å².